The van der Waals surface area contributed by atoms with Gasteiger partial charge in [-0.25, -0.2) is 0 Å². The van der Waals surface area contributed by atoms with Crippen molar-refractivity contribution in [1.29, 1.82) is 0 Å². The summed E-state index contributed by atoms with van der Waals surface area (Å²) >= 11 is 0. The Labute approximate surface area is 113 Å². The average Bonchev–Trinajstić information content (AvgIpc) is 3.29. The molecule has 2 unspecified atom stereocenters. The standard InChI is InChI=1S/C16H19NO2/c17-15(18)16(5-6-16)9-10-8-13(10)11-2-1-3-14-12(11)4-7-19-14/h1-3,10,13H,4-9H2,(H2,17,18). The van der Waals surface area contributed by atoms with Gasteiger partial charge in [0.25, 0.3) is 0 Å². The van der Waals surface area contributed by atoms with Crippen LogP contribution in [0.15, 0.2) is 18.2 Å². The van der Waals surface area contributed by atoms with Crippen molar-refractivity contribution in [3.8, 4) is 5.75 Å². The fraction of sp³-hybridized carbons (Fsp3) is 0.562. The summed E-state index contributed by atoms with van der Waals surface area (Å²) in [6.07, 6.45) is 5.25. The molecule has 0 radical (unpaired) electrons. The predicted octanol–water partition coefficient (Wildman–Crippen LogP) is 2.38. The van der Waals surface area contributed by atoms with E-state index in [1.165, 1.54) is 17.5 Å². The first kappa shape index (κ1) is 11.3. The van der Waals surface area contributed by atoms with E-state index in [4.69, 9.17) is 10.5 Å². The van der Waals surface area contributed by atoms with Crippen molar-refractivity contribution in [2.45, 2.75) is 38.0 Å². The number of carbonyl (C=O) groups excluding carboxylic acids is 1. The third kappa shape index (κ3) is 1.75. The lowest BCUT2D eigenvalue weighted by Gasteiger charge is -2.11. The summed E-state index contributed by atoms with van der Waals surface area (Å²) in [5, 5.41) is 0. The normalized spacial score (nSPS) is 29.5. The molecule has 2 saturated carbocycles. The third-order valence-electron chi connectivity index (χ3n) is 5.13. The van der Waals surface area contributed by atoms with E-state index in [9.17, 15) is 4.79 Å². The third-order valence-corrected chi connectivity index (χ3v) is 5.13. The molecule has 2 aliphatic carbocycles. The Morgan fingerprint density at radius 1 is 1.42 bits per heavy atom. The van der Waals surface area contributed by atoms with Crippen molar-refractivity contribution in [2.24, 2.45) is 17.1 Å². The summed E-state index contributed by atoms with van der Waals surface area (Å²) in [5.74, 6) is 2.27. The van der Waals surface area contributed by atoms with Gasteiger partial charge in [0, 0.05) is 17.4 Å². The van der Waals surface area contributed by atoms with Gasteiger partial charge in [0.15, 0.2) is 0 Å². The first-order valence-electron chi connectivity index (χ1n) is 7.24. The summed E-state index contributed by atoms with van der Waals surface area (Å²) in [6, 6.07) is 6.40. The summed E-state index contributed by atoms with van der Waals surface area (Å²) < 4.78 is 5.63. The highest BCUT2D eigenvalue weighted by Gasteiger charge is 2.54. The van der Waals surface area contributed by atoms with Crippen molar-refractivity contribution in [3.05, 3.63) is 29.3 Å². The minimum atomic E-state index is -0.145. The van der Waals surface area contributed by atoms with Crippen LogP contribution in [-0.2, 0) is 11.2 Å². The van der Waals surface area contributed by atoms with Gasteiger partial charge in [-0.15, -0.1) is 0 Å². The maximum atomic E-state index is 11.5. The van der Waals surface area contributed by atoms with Crippen LogP contribution in [0.1, 0.15) is 42.7 Å². The van der Waals surface area contributed by atoms with Crippen LogP contribution in [0.3, 0.4) is 0 Å². The topological polar surface area (TPSA) is 52.3 Å². The fourth-order valence-corrected chi connectivity index (χ4v) is 3.65. The molecule has 1 aromatic carbocycles. The number of carbonyl (C=O) groups is 1. The van der Waals surface area contributed by atoms with Crippen LogP contribution in [0.4, 0.5) is 0 Å². The molecule has 0 saturated heterocycles. The van der Waals surface area contributed by atoms with Crippen molar-refractivity contribution >= 4 is 5.91 Å². The monoisotopic (exact) mass is 257 g/mol. The second kappa shape index (κ2) is 3.75. The van der Waals surface area contributed by atoms with E-state index in [1.807, 2.05) is 0 Å². The highest BCUT2D eigenvalue weighted by atomic mass is 16.5. The van der Waals surface area contributed by atoms with Crippen LogP contribution in [0, 0.1) is 11.3 Å². The van der Waals surface area contributed by atoms with E-state index in [0.29, 0.717) is 11.8 Å². The van der Waals surface area contributed by atoms with Gasteiger partial charge in [0.2, 0.25) is 5.91 Å². The smallest absolute Gasteiger partial charge is 0.223 e. The zero-order valence-electron chi connectivity index (χ0n) is 11.0. The first-order valence-corrected chi connectivity index (χ1v) is 7.24. The highest BCUT2D eigenvalue weighted by molar-refractivity contribution is 5.83. The van der Waals surface area contributed by atoms with Crippen LogP contribution in [0.2, 0.25) is 0 Å². The molecular formula is C16H19NO2. The Kier molecular flexibility index (Phi) is 2.23. The van der Waals surface area contributed by atoms with E-state index in [0.717, 1.165) is 38.0 Å². The van der Waals surface area contributed by atoms with Crippen molar-refractivity contribution in [3.63, 3.8) is 0 Å². The number of hydrogen-bond donors (Lipinski definition) is 1. The first-order chi connectivity index (χ1) is 9.20. The zero-order valence-corrected chi connectivity index (χ0v) is 11.0. The second-order valence-electron chi connectivity index (χ2n) is 6.37. The molecule has 0 spiro atoms. The van der Waals surface area contributed by atoms with Crippen LogP contribution in [0.5, 0.6) is 5.75 Å². The van der Waals surface area contributed by atoms with Gasteiger partial charge in [-0.3, -0.25) is 4.79 Å². The average molecular weight is 257 g/mol. The molecule has 1 aliphatic heterocycles. The lowest BCUT2D eigenvalue weighted by molar-refractivity contribution is -0.123. The minimum absolute atomic E-state index is 0.0835. The van der Waals surface area contributed by atoms with Gasteiger partial charge in [-0.2, -0.15) is 0 Å². The van der Waals surface area contributed by atoms with E-state index in [2.05, 4.69) is 18.2 Å². The van der Waals surface area contributed by atoms with Crippen molar-refractivity contribution in [1.82, 2.24) is 0 Å². The van der Waals surface area contributed by atoms with Gasteiger partial charge in [-0.05, 0) is 49.1 Å². The molecule has 0 bridgehead atoms. The number of rotatable bonds is 4. The van der Waals surface area contributed by atoms with Gasteiger partial charge >= 0.3 is 0 Å². The number of hydrogen-bond acceptors (Lipinski definition) is 2. The zero-order chi connectivity index (χ0) is 13.0. The Morgan fingerprint density at radius 2 is 2.26 bits per heavy atom. The Bertz CT molecular complexity index is 548. The van der Waals surface area contributed by atoms with Crippen LogP contribution < -0.4 is 10.5 Å². The predicted molar refractivity (Wildman–Crippen MR) is 72.0 cm³/mol. The molecule has 1 heterocycles. The number of fused-ring (bicyclic) bond motifs is 1. The molecule has 3 aliphatic rings. The lowest BCUT2D eigenvalue weighted by Crippen LogP contribution is -2.25. The molecule has 3 heteroatoms. The molecule has 3 nitrogen and oxygen atoms in total. The minimum Gasteiger partial charge on any atom is -0.493 e. The molecule has 100 valence electrons. The molecule has 1 amide bonds. The summed E-state index contributed by atoms with van der Waals surface area (Å²) in [6.45, 7) is 0.814. The van der Waals surface area contributed by atoms with Crippen molar-refractivity contribution < 1.29 is 9.53 Å². The quantitative estimate of drug-likeness (QED) is 0.900. The molecule has 4 rings (SSSR count). The van der Waals surface area contributed by atoms with Gasteiger partial charge in [0.1, 0.15) is 5.75 Å². The molecular weight excluding hydrogens is 238 g/mol. The number of nitrogens with two attached hydrogens (primary N) is 1. The fourth-order valence-electron chi connectivity index (χ4n) is 3.65. The van der Waals surface area contributed by atoms with Crippen LogP contribution >= 0.6 is 0 Å². The lowest BCUT2D eigenvalue weighted by atomic mass is 9.94. The van der Waals surface area contributed by atoms with Gasteiger partial charge in [-0.1, -0.05) is 12.1 Å². The molecule has 0 aromatic heterocycles. The molecule has 1 aromatic rings. The van der Waals surface area contributed by atoms with Crippen molar-refractivity contribution in [2.75, 3.05) is 6.61 Å². The van der Waals surface area contributed by atoms with E-state index >= 15 is 0 Å². The maximum Gasteiger partial charge on any atom is 0.223 e. The van der Waals surface area contributed by atoms with E-state index in [-0.39, 0.29) is 11.3 Å². The van der Waals surface area contributed by atoms with Gasteiger partial charge < -0.3 is 10.5 Å². The van der Waals surface area contributed by atoms with Gasteiger partial charge in [0.05, 0.1) is 6.61 Å². The SMILES string of the molecule is NC(=O)C1(CC2CC2c2cccc3c2CCO3)CC1. The maximum absolute atomic E-state index is 11.5. The molecule has 2 fully saturated rings. The summed E-state index contributed by atoms with van der Waals surface area (Å²) in [5.41, 5.74) is 8.24. The Hall–Kier alpha value is -1.51. The number of primary amides is 1. The van der Waals surface area contributed by atoms with E-state index in [1.54, 1.807) is 0 Å². The number of ether oxygens (including phenoxy) is 1. The Balaban J connectivity index is 1.51. The number of benzene rings is 1. The number of amides is 1. The summed E-state index contributed by atoms with van der Waals surface area (Å²) in [7, 11) is 0. The Morgan fingerprint density at radius 3 is 3.00 bits per heavy atom. The van der Waals surface area contributed by atoms with Crippen LogP contribution in [0.25, 0.3) is 0 Å². The highest BCUT2D eigenvalue weighted by Crippen LogP contribution is 2.60. The largest absolute Gasteiger partial charge is 0.493 e. The molecule has 19 heavy (non-hydrogen) atoms. The second-order valence-corrected chi connectivity index (χ2v) is 6.37. The van der Waals surface area contributed by atoms with E-state index < -0.39 is 0 Å². The molecule has 2 N–H and O–H groups in total. The molecule has 2 atom stereocenters. The summed E-state index contributed by atoms with van der Waals surface area (Å²) in [4.78, 5) is 11.5. The van der Waals surface area contributed by atoms with Crippen LogP contribution in [-0.4, -0.2) is 12.5 Å².